The first-order valence-corrected chi connectivity index (χ1v) is 3.08. The molecule has 0 radical (unpaired) electrons. The molecule has 0 amide bonds. The van der Waals surface area contributed by atoms with Crippen molar-refractivity contribution >= 4 is 5.71 Å². The van der Waals surface area contributed by atoms with E-state index in [-0.39, 0.29) is 16.5 Å². The fraction of sp³-hybridized carbons (Fsp3) is 0.125. The molecule has 0 saturated carbocycles. The van der Waals surface area contributed by atoms with Gasteiger partial charge in [-0.15, -0.1) is 0 Å². The van der Waals surface area contributed by atoms with Crippen molar-refractivity contribution in [1.29, 1.82) is 0 Å². The fourth-order valence-electron chi connectivity index (χ4n) is 0.737. The van der Waals surface area contributed by atoms with E-state index < -0.39 is 0 Å². The summed E-state index contributed by atoms with van der Waals surface area (Å²) in [6.45, 7) is 1.76. The summed E-state index contributed by atoms with van der Waals surface area (Å²) in [6.07, 6.45) is 0. The summed E-state index contributed by atoms with van der Waals surface area (Å²) in [4.78, 5) is 0. The van der Waals surface area contributed by atoms with Crippen molar-refractivity contribution in [3.05, 3.63) is 35.9 Å². The number of oxime groups is 1. The number of nitrogens with zero attached hydrogens (tertiary/aromatic N) is 1. The maximum Gasteiger partial charge on any atom is 0.0836 e. The second-order valence-electron chi connectivity index (χ2n) is 2.05. The van der Waals surface area contributed by atoms with Crippen LogP contribution in [0.3, 0.4) is 0 Å². The molecule has 1 rings (SSSR count). The van der Waals surface area contributed by atoms with Crippen molar-refractivity contribution in [2.24, 2.45) is 5.16 Å². The van der Waals surface area contributed by atoms with Gasteiger partial charge in [-0.25, -0.2) is 0 Å². The second-order valence-corrected chi connectivity index (χ2v) is 2.05. The maximum atomic E-state index is 8.38. The van der Waals surface area contributed by atoms with Gasteiger partial charge in [0, 0.05) is 16.5 Å². The monoisotopic (exact) mass is 193 g/mol. The predicted molar refractivity (Wildman–Crippen MR) is 40.4 cm³/mol. The minimum atomic E-state index is 0. The van der Waals surface area contributed by atoms with Crippen molar-refractivity contribution in [2.45, 2.75) is 6.92 Å². The molecular weight excluding hydrogens is 185 g/mol. The largest absolute Gasteiger partial charge is 0.411 e. The van der Waals surface area contributed by atoms with Crippen LogP contribution in [0.4, 0.5) is 0 Å². The molecule has 0 aliphatic rings. The number of benzene rings is 1. The van der Waals surface area contributed by atoms with Crippen LogP contribution in [0, 0.1) is 0 Å². The van der Waals surface area contributed by atoms with Crippen molar-refractivity contribution in [2.75, 3.05) is 0 Å². The molecule has 0 unspecified atom stereocenters. The van der Waals surface area contributed by atoms with Gasteiger partial charge in [0.05, 0.1) is 5.71 Å². The molecule has 0 spiro atoms. The van der Waals surface area contributed by atoms with Gasteiger partial charge in [0.1, 0.15) is 0 Å². The molecule has 0 aliphatic carbocycles. The van der Waals surface area contributed by atoms with Crippen LogP contribution in [0.2, 0.25) is 0 Å². The maximum absolute atomic E-state index is 8.38. The quantitative estimate of drug-likeness (QED) is 0.314. The van der Waals surface area contributed by atoms with Crippen LogP contribution in [0.5, 0.6) is 0 Å². The molecule has 1 aromatic carbocycles. The molecule has 3 heteroatoms. The van der Waals surface area contributed by atoms with E-state index in [9.17, 15) is 0 Å². The average molecular weight is 194 g/mol. The van der Waals surface area contributed by atoms with E-state index in [1.54, 1.807) is 6.92 Å². The smallest absolute Gasteiger partial charge is 0.0836 e. The Kier molecular flexibility index (Phi) is 4.55. The SMILES string of the molecule is CC(=NO)c1ccccc1.[Ni]. The molecule has 0 atom stereocenters. The van der Waals surface area contributed by atoms with Crippen LogP contribution in [0.25, 0.3) is 0 Å². The van der Waals surface area contributed by atoms with Crippen LogP contribution < -0.4 is 0 Å². The summed E-state index contributed by atoms with van der Waals surface area (Å²) >= 11 is 0. The summed E-state index contributed by atoms with van der Waals surface area (Å²) in [5, 5.41) is 11.5. The van der Waals surface area contributed by atoms with Crippen LogP contribution >= 0.6 is 0 Å². The first kappa shape index (κ1) is 10.2. The van der Waals surface area contributed by atoms with Gasteiger partial charge in [0.15, 0.2) is 0 Å². The molecule has 62 valence electrons. The molecule has 0 heterocycles. The van der Waals surface area contributed by atoms with E-state index in [0.717, 1.165) is 5.56 Å². The normalized spacial score (nSPS) is 10.5. The summed E-state index contributed by atoms with van der Waals surface area (Å²) in [5.41, 5.74) is 1.59. The van der Waals surface area contributed by atoms with Gasteiger partial charge >= 0.3 is 0 Å². The average Bonchev–Trinajstić information content (AvgIpc) is 2.05. The van der Waals surface area contributed by atoms with E-state index >= 15 is 0 Å². The molecule has 2 nitrogen and oxygen atoms in total. The zero-order valence-electron chi connectivity index (χ0n) is 6.10. The van der Waals surface area contributed by atoms with E-state index in [0.29, 0.717) is 5.71 Å². The molecule has 0 saturated heterocycles. The minimum Gasteiger partial charge on any atom is -0.411 e. The first-order chi connectivity index (χ1) is 4.84. The Morgan fingerprint density at radius 1 is 1.27 bits per heavy atom. The molecule has 1 aromatic rings. The number of hydrogen-bond acceptors (Lipinski definition) is 2. The van der Waals surface area contributed by atoms with Crippen LogP contribution in [-0.2, 0) is 16.5 Å². The van der Waals surface area contributed by atoms with Crippen LogP contribution in [0.1, 0.15) is 12.5 Å². The zero-order valence-corrected chi connectivity index (χ0v) is 7.09. The Morgan fingerprint density at radius 3 is 2.27 bits per heavy atom. The van der Waals surface area contributed by atoms with E-state index in [1.807, 2.05) is 30.3 Å². The van der Waals surface area contributed by atoms with Crippen LogP contribution in [-0.4, -0.2) is 10.9 Å². The standard InChI is InChI=1S/C8H9NO.Ni/c1-7(9-10)8-5-3-2-4-6-8;/h2-6,10H,1H3;. The summed E-state index contributed by atoms with van der Waals surface area (Å²) in [7, 11) is 0. The van der Waals surface area contributed by atoms with Crippen LogP contribution in [0.15, 0.2) is 35.5 Å². The molecule has 11 heavy (non-hydrogen) atoms. The van der Waals surface area contributed by atoms with Crippen molar-refractivity contribution in [3.63, 3.8) is 0 Å². The predicted octanol–water partition coefficient (Wildman–Crippen LogP) is 1.88. The molecular formula is C8H9NNiO. The van der Waals surface area contributed by atoms with Gasteiger partial charge in [0.2, 0.25) is 0 Å². The Labute approximate surface area is 75.9 Å². The van der Waals surface area contributed by atoms with Crippen molar-refractivity contribution in [1.82, 2.24) is 0 Å². The third kappa shape index (κ3) is 2.73. The molecule has 0 bridgehead atoms. The van der Waals surface area contributed by atoms with Crippen molar-refractivity contribution < 1.29 is 21.7 Å². The Hall–Kier alpha value is -0.816. The molecule has 0 fully saturated rings. The van der Waals surface area contributed by atoms with Gasteiger partial charge in [-0.3, -0.25) is 0 Å². The summed E-state index contributed by atoms with van der Waals surface area (Å²) in [5.74, 6) is 0. The first-order valence-electron chi connectivity index (χ1n) is 3.08. The van der Waals surface area contributed by atoms with Gasteiger partial charge in [-0.1, -0.05) is 35.5 Å². The Morgan fingerprint density at radius 2 is 1.82 bits per heavy atom. The molecule has 0 aliphatic heterocycles. The third-order valence-corrected chi connectivity index (χ3v) is 1.34. The topological polar surface area (TPSA) is 32.6 Å². The number of rotatable bonds is 1. The van der Waals surface area contributed by atoms with E-state index in [2.05, 4.69) is 5.16 Å². The molecule has 1 N–H and O–H groups in total. The van der Waals surface area contributed by atoms with Gasteiger partial charge < -0.3 is 5.21 Å². The Balaban J connectivity index is 0.000001000. The van der Waals surface area contributed by atoms with Gasteiger partial charge in [-0.05, 0) is 12.5 Å². The van der Waals surface area contributed by atoms with E-state index in [1.165, 1.54) is 0 Å². The number of hydrogen-bond donors (Lipinski definition) is 1. The second kappa shape index (κ2) is 4.92. The van der Waals surface area contributed by atoms with Gasteiger partial charge in [0.25, 0.3) is 0 Å². The van der Waals surface area contributed by atoms with Crippen molar-refractivity contribution in [3.8, 4) is 0 Å². The van der Waals surface area contributed by atoms with E-state index in [4.69, 9.17) is 5.21 Å². The zero-order chi connectivity index (χ0) is 7.40. The minimum absolute atomic E-state index is 0. The fourth-order valence-corrected chi connectivity index (χ4v) is 0.737. The summed E-state index contributed by atoms with van der Waals surface area (Å²) in [6, 6.07) is 9.53. The Bertz CT molecular complexity index is 233. The summed E-state index contributed by atoms with van der Waals surface area (Å²) < 4.78 is 0. The van der Waals surface area contributed by atoms with Gasteiger partial charge in [-0.2, -0.15) is 0 Å². The molecule has 0 aromatic heterocycles. The third-order valence-electron chi connectivity index (χ3n) is 1.34.